The molecule has 0 saturated carbocycles. The number of carbonyl (C=O) groups is 3. The van der Waals surface area contributed by atoms with Crippen LogP contribution in [0.1, 0.15) is 39.2 Å². The molecule has 0 spiro atoms. The molecule has 0 aromatic heterocycles. The highest BCUT2D eigenvalue weighted by atomic mass is 16.6. The van der Waals surface area contributed by atoms with Gasteiger partial charge in [0.25, 0.3) is 5.91 Å². The molecule has 180 valence electrons. The first-order valence-corrected chi connectivity index (χ1v) is 11.0. The van der Waals surface area contributed by atoms with Gasteiger partial charge in [-0.25, -0.2) is 4.79 Å². The van der Waals surface area contributed by atoms with Gasteiger partial charge in [-0.15, -0.1) is 0 Å². The lowest BCUT2D eigenvalue weighted by Crippen LogP contribution is -2.56. The molecule has 9 heteroatoms. The molecule has 0 bridgehead atoms. The van der Waals surface area contributed by atoms with E-state index in [1.54, 1.807) is 0 Å². The van der Waals surface area contributed by atoms with Gasteiger partial charge in [-0.2, -0.15) is 0 Å². The maximum Gasteiger partial charge on any atom is 0.407 e. The fourth-order valence-corrected chi connectivity index (χ4v) is 3.03. The van der Waals surface area contributed by atoms with E-state index in [2.05, 4.69) is 16.0 Å². The number of methoxy groups -OCH3 is 1. The summed E-state index contributed by atoms with van der Waals surface area (Å²) in [6.07, 6.45) is -0.844. The van der Waals surface area contributed by atoms with Gasteiger partial charge in [0.05, 0.1) is 12.6 Å². The van der Waals surface area contributed by atoms with Gasteiger partial charge in [0.2, 0.25) is 5.91 Å². The van der Waals surface area contributed by atoms with Crippen LogP contribution in [0.2, 0.25) is 0 Å². The fraction of sp³-hybridized carbons (Fsp3) is 0.609. The maximum atomic E-state index is 13.0. The predicted molar refractivity (Wildman–Crippen MR) is 121 cm³/mol. The minimum atomic E-state index is -1.45. The first-order chi connectivity index (χ1) is 15.3. The summed E-state index contributed by atoms with van der Waals surface area (Å²) >= 11 is 0. The summed E-state index contributed by atoms with van der Waals surface area (Å²) in [6.45, 7) is 6.48. The molecular weight excluding hydrogens is 414 g/mol. The van der Waals surface area contributed by atoms with Gasteiger partial charge in [-0.3, -0.25) is 9.59 Å². The number of benzene rings is 1. The van der Waals surface area contributed by atoms with Crippen molar-refractivity contribution in [2.75, 3.05) is 26.9 Å². The smallest absolute Gasteiger partial charge is 0.407 e. The van der Waals surface area contributed by atoms with Crippen molar-refractivity contribution >= 4 is 17.9 Å². The minimum absolute atomic E-state index is 0.0608. The van der Waals surface area contributed by atoms with Crippen LogP contribution >= 0.6 is 0 Å². The molecule has 3 amide bonds. The zero-order valence-corrected chi connectivity index (χ0v) is 19.4. The molecular formula is C23H37N3O6. The molecule has 0 aliphatic carbocycles. The molecule has 4 N–H and O–H groups in total. The summed E-state index contributed by atoms with van der Waals surface area (Å²) in [5.74, 6) is -0.943. The summed E-state index contributed by atoms with van der Waals surface area (Å²) in [6, 6.07) is 7.50. The molecule has 0 aliphatic rings. The standard InChI is InChI=1S/C23H37N3O6/c1-5-11-24-22(29)20(27)18(15-17-9-7-6-8-10-17)25-21(28)19(14-16(2)3)26-23(30)32-13-12-31-4/h6-10,16,18-20,27H,5,11-15H2,1-4H3,(H,24,29)(H,25,28)(H,26,30)/t18-,19-,20?/m0/s1. The predicted octanol–water partition coefficient (Wildman–Crippen LogP) is 1.39. The van der Waals surface area contributed by atoms with Crippen molar-refractivity contribution in [3.05, 3.63) is 35.9 Å². The Labute approximate surface area is 190 Å². The molecule has 9 nitrogen and oxygen atoms in total. The molecule has 0 radical (unpaired) electrons. The highest BCUT2D eigenvalue weighted by Crippen LogP contribution is 2.10. The van der Waals surface area contributed by atoms with Crippen molar-refractivity contribution in [1.29, 1.82) is 0 Å². The van der Waals surface area contributed by atoms with Crippen molar-refractivity contribution < 1.29 is 29.0 Å². The first-order valence-electron chi connectivity index (χ1n) is 11.0. The molecule has 1 aromatic carbocycles. The summed E-state index contributed by atoms with van der Waals surface area (Å²) in [4.78, 5) is 37.5. The topological polar surface area (TPSA) is 126 Å². The molecule has 0 saturated heterocycles. The lowest BCUT2D eigenvalue weighted by Gasteiger charge is -2.27. The average molecular weight is 452 g/mol. The number of hydrogen-bond acceptors (Lipinski definition) is 6. The van der Waals surface area contributed by atoms with Gasteiger partial charge in [-0.1, -0.05) is 51.1 Å². The first kappa shape index (κ1) is 27.4. The van der Waals surface area contributed by atoms with Crippen molar-refractivity contribution in [2.45, 2.75) is 58.2 Å². The second-order valence-corrected chi connectivity index (χ2v) is 8.00. The van der Waals surface area contributed by atoms with Gasteiger partial charge >= 0.3 is 6.09 Å². The van der Waals surface area contributed by atoms with E-state index in [-0.39, 0.29) is 25.6 Å². The van der Waals surface area contributed by atoms with E-state index in [1.807, 2.05) is 51.1 Å². The Morgan fingerprint density at radius 2 is 1.72 bits per heavy atom. The fourth-order valence-electron chi connectivity index (χ4n) is 3.03. The van der Waals surface area contributed by atoms with E-state index in [1.165, 1.54) is 7.11 Å². The number of amides is 3. The Hall–Kier alpha value is -2.65. The van der Waals surface area contributed by atoms with E-state index >= 15 is 0 Å². The number of carbonyl (C=O) groups excluding carboxylic acids is 3. The van der Waals surface area contributed by atoms with E-state index in [0.717, 1.165) is 12.0 Å². The van der Waals surface area contributed by atoms with Crippen LogP contribution < -0.4 is 16.0 Å². The molecule has 32 heavy (non-hydrogen) atoms. The highest BCUT2D eigenvalue weighted by Gasteiger charge is 2.31. The minimum Gasteiger partial charge on any atom is -0.447 e. The third-order valence-electron chi connectivity index (χ3n) is 4.66. The van der Waals surface area contributed by atoms with E-state index in [0.29, 0.717) is 13.0 Å². The monoisotopic (exact) mass is 451 g/mol. The number of nitrogens with one attached hydrogen (secondary N) is 3. The number of rotatable bonds is 14. The normalized spacial score (nSPS) is 13.7. The Kier molecular flexibility index (Phi) is 13.0. The van der Waals surface area contributed by atoms with Crippen LogP contribution in [-0.2, 0) is 25.5 Å². The summed E-state index contributed by atoms with van der Waals surface area (Å²) in [7, 11) is 1.49. The maximum absolute atomic E-state index is 13.0. The van der Waals surface area contributed by atoms with E-state index in [9.17, 15) is 19.5 Å². The van der Waals surface area contributed by atoms with E-state index in [4.69, 9.17) is 9.47 Å². The lowest BCUT2D eigenvalue weighted by molar-refractivity contribution is -0.132. The van der Waals surface area contributed by atoms with Crippen LogP contribution in [0.25, 0.3) is 0 Å². The molecule has 0 heterocycles. The summed E-state index contributed by atoms with van der Waals surface area (Å²) in [5.41, 5.74) is 0.854. The summed E-state index contributed by atoms with van der Waals surface area (Å²) < 4.78 is 9.85. The van der Waals surface area contributed by atoms with Crippen molar-refractivity contribution in [1.82, 2.24) is 16.0 Å². The SMILES string of the molecule is CCCNC(=O)C(O)[C@H](Cc1ccccc1)NC(=O)[C@H](CC(C)C)NC(=O)OCCOC. The molecule has 0 aliphatic heterocycles. The van der Waals surface area contributed by atoms with Gasteiger partial charge in [0.1, 0.15) is 12.6 Å². The number of aliphatic hydroxyl groups is 1. The van der Waals surface area contributed by atoms with Gasteiger partial charge in [-0.05, 0) is 30.7 Å². The van der Waals surface area contributed by atoms with Crippen molar-refractivity contribution in [3.8, 4) is 0 Å². The van der Waals surface area contributed by atoms with E-state index < -0.39 is 36.1 Å². The Morgan fingerprint density at radius 1 is 1.03 bits per heavy atom. The van der Waals surface area contributed by atoms with Gasteiger partial charge in [0.15, 0.2) is 6.10 Å². The average Bonchev–Trinajstić information content (AvgIpc) is 2.76. The molecule has 3 atom stereocenters. The molecule has 0 fully saturated rings. The molecule has 1 unspecified atom stereocenters. The van der Waals surface area contributed by atoms with Crippen LogP contribution in [0, 0.1) is 5.92 Å². The number of aliphatic hydroxyl groups excluding tert-OH is 1. The lowest BCUT2D eigenvalue weighted by atomic mass is 9.98. The van der Waals surface area contributed by atoms with Crippen LogP contribution in [0.15, 0.2) is 30.3 Å². The highest BCUT2D eigenvalue weighted by molar-refractivity contribution is 5.87. The third kappa shape index (κ3) is 10.6. The molecule has 1 aromatic rings. The zero-order chi connectivity index (χ0) is 23.9. The number of hydrogen-bond donors (Lipinski definition) is 4. The van der Waals surface area contributed by atoms with Crippen molar-refractivity contribution in [2.24, 2.45) is 5.92 Å². The molecule has 1 rings (SSSR count). The van der Waals surface area contributed by atoms with Crippen LogP contribution in [0.4, 0.5) is 4.79 Å². The Morgan fingerprint density at radius 3 is 2.31 bits per heavy atom. The largest absolute Gasteiger partial charge is 0.447 e. The van der Waals surface area contributed by atoms with Crippen LogP contribution in [-0.4, -0.2) is 68.1 Å². The number of alkyl carbamates (subject to hydrolysis) is 1. The zero-order valence-electron chi connectivity index (χ0n) is 19.4. The number of ether oxygens (including phenoxy) is 2. The third-order valence-corrected chi connectivity index (χ3v) is 4.66. The van der Waals surface area contributed by atoms with Gasteiger partial charge in [0, 0.05) is 13.7 Å². The second-order valence-electron chi connectivity index (χ2n) is 8.00. The van der Waals surface area contributed by atoms with Crippen molar-refractivity contribution in [3.63, 3.8) is 0 Å². The quantitative estimate of drug-likeness (QED) is 0.317. The van der Waals surface area contributed by atoms with Crippen LogP contribution in [0.5, 0.6) is 0 Å². The van der Waals surface area contributed by atoms with Gasteiger partial charge < -0.3 is 30.5 Å². The van der Waals surface area contributed by atoms with Crippen LogP contribution in [0.3, 0.4) is 0 Å². The Bertz CT molecular complexity index is 698. The Balaban J connectivity index is 2.94. The summed E-state index contributed by atoms with van der Waals surface area (Å²) in [5, 5.41) is 18.6. The second kappa shape index (κ2) is 15.2.